The lowest BCUT2D eigenvalue weighted by molar-refractivity contribution is 0.596. The van der Waals surface area contributed by atoms with Crippen molar-refractivity contribution in [1.29, 1.82) is 5.26 Å². The second-order valence-corrected chi connectivity index (χ2v) is 4.78. The standard InChI is InChI=1S/C16H10ClNO/c1-10-13-7-12(11-5-3-2-4-6-11)8-14(17)16(13)19-15(10)9-18/h2-8H,1H3. The van der Waals surface area contributed by atoms with E-state index in [2.05, 4.69) is 0 Å². The Morgan fingerprint density at radius 1 is 1.11 bits per heavy atom. The van der Waals surface area contributed by atoms with Gasteiger partial charge in [0.1, 0.15) is 6.07 Å². The maximum atomic E-state index is 9.01. The van der Waals surface area contributed by atoms with Crippen molar-refractivity contribution in [2.45, 2.75) is 6.92 Å². The third-order valence-electron chi connectivity index (χ3n) is 3.20. The Balaban J connectivity index is 2.31. The van der Waals surface area contributed by atoms with Gasteiger partial charge in [-0.2, -0.15) is 5.26 Å². The van der Waals surface area contributed by atoms with Crippen LogP contribution < -0.4 is 0 Å². The van der Waals surface area contributed by atoms with Gasteiger partial charge in [-0.15, -0.1) is 0 Å². The molecule has 0 atom stereocenters. The third-order valence-corrected chi connectivity index (χ3v) is 3.48. The van der Waals surface area contributed by atoms with Crippen LogP contribution in [0.3, 0.4) is 0 Å². The monoisotopic (exact) mass is 267 g/mol. The zero-order valence-corrected chi connectivity index (χ0v) is 11.0. The van der Waals surface area contributed by atoms with Gasteiger partial charge < -0.3 is 4.42 Å². The first kappa shape index (κ1) is 11.8. The van der Waals surface area contributed by atoms with Crippen molar-refractivity contribution in [2.24, 2.45) is 0 Å². The van der Waals surface area contributed by atoms with E-state index in [1.807, 2.05) is 55.5 Å². The highest BCUT2D eigenvalue weighted by Gasteiger charge is 2.14. The molecule has 0 bridgehead atoms. The zero-order chi connectivity index (χ0) is 13.4. The van der Waals surface area contributed by atoms with Crippen LogP contribution in [0.15, 0.2) is 46.9 Å². The molecule has 0 saturated heterocycles. The van der Waals surface area contributed by atoms with Crippen molar-refractivity contribution < 1.29 is 4.42 Å². The van der Waals surface area contributed by atoms with E-state index in [0.29, 0.717) is 16.4 Å². The fourth-order valence-corrected chi connectivity index (χ4v) is 2.44. The predicted molar refractivity (Wildman–Crippen MR) is 76.1 cm³/mol. The van der Waals surface area contributed by atoms with Crippen molar-refractivity contribution in [2.75, 3.05) is 0 Å². The van der Waals surface area contributed by atoms with Crippen LogP contribution in [-0.4, -0.2) is 0 Å². The van der Waals surface area contributed by atoms with E-state index in [1.54, 1.807) is 0 Å². The number of aryl methyl sites for hydroxylation is 1. The Labute approximate surface area is 115 Å². The van der Waals surface area contributed by atoms with Crippen molar-refractivity contribution in [1.82, 2.24) is 0 Å². The molecule has 3 rings (SSSR count). The van der Waals surface area contributed by atoms with Crippen molar-refractivity contribution >= 4 is 22.6 Å². The van der Waals surface area contributed by atoms with E-state index in [0.717, 1.165) is 22.1 Å². The molecule has 0 fully saturated rings. The number of hydrogen-bond donors (Lipinski definition) is 0. The van der Waals surface area contributed by atoms with E-state index in [1.165, 1.54) is 0 Å². The minimum absolute atomic E-state index is 0.321. The molecule has 19 heavy (non-hydrogen) atoms. The van der Waals surface area contributed by atoms with Crippen LogP contribution in [0.4, 0.5) is 0 Å². The molecule has 0 aliphatic rings. The Hall–Kier alpha value is -2.24. The summed E-state index contributed by atoms with van der Waals surface area (Å²) in [7, 11) is 0. The first-order valence-electron chi connectivity index (χ1n) is 5.89. The minimum Gasteiger partial charge on any atom is -0.444 e. The molecule has 0 radical (unpaired) electrons. The summed E-state index contributed by atoms with van der Waals surface area (Å²) in [5.74, 6) is 0.321. The number of rotatable bonds is 1. The Morgan fingerprint density at radius 2 is 1.84 bits per heavy atom. The van der Waals surface area contributed by atoms with Gasteiger partial charge in [0.15, 0.2) is 5.58 Å². The van der Waals surface area contributed by atoms with E-state index >= 15 is 0 Å². The van der Waals surface area contributed by atoms with E-state index < -0.39 is 0 Å². The number of furan rings is 1. The Morgan fingerprint density at radius 3 is 2.53 bits per heavy atom. The van der Waals surface area contributed by atoms with Gasteiger partial charge in [-0.05, 0) is 30.2 Å². The van der Waals surface area contributed by atoms with Crippen LogP contribution >= 0.6 is 11.6 Å². The zero-order valence-electron chi connectivity index (χ0n) is 10.3. The summed E-state index contributed by atoms with van der Waals surface area (Å²) in [5, 5.41) is 10.4. The van der Waals surface area contributed by atoms with Gasteiger partial charge in [0.25, 0.3) is 0 Å². The number of benzene rings is 2. The van der Waals surface area contributed by atoms with E-state index in [-0.39, 0.29) is 0 Å². The average Bonchev–Trinajstić information content (AvgIpc) is 2.77. The highest BCUT2D eigenvalue weighted by atomic mass is 35.5. The molecule has 3 heteroatoms. The van der Waals surface area contributed by atoms with Crippen molar-refractivity contribution in [3.8, 4) is 17.2 Å². The lowest BCUT2D eigenvalue weighted by atomic mass is 10.0. The number of fused-ring (bicyclic) bond motifs is 1. The SMILES string of the molecule is Cc1c(C#N)oc2c(Cl)cc(-c3ccccc3)cc12. The summed E-state index contributed by atoms with van der Waals surface area (Å²) < 4.78 is 5.48. The second kappa shape index (κ2) is 4.46. The number of halogens is 1. The fraction of sp³-hybridized carbons (Fsp3) is 0.0625. The summed E-state index contributed by atoms with van der Waals surface area (Å²) >= 11 is 6.25. The van der Waals surface area contributed by atoms with Gasteiger partial charge in [-0.25, -0.2) is 0 Å². The highest BCUT2D eigenvalue weighted by molar-refractivity contribution is 6.35. The minimum atomic E-state index is 0.321. The molecule has 3 aromatic rings. The molecular formula is C16H10ClNO. The second-order valence-electron chi connectivity index (χ2n) is 4.37. The maximum absolute atomic E-state index is 9.01. The number of hydrogen-bond acceptors (Lipinski definition) is 2. The summed E-state index contributed by atoms with van der Waals surface area (Å²) in [5.41, 5.74) is 3.52. The molecule has 0 aliphatic heterocycles. The molecule has 0 aliphatic carbocycles. The van der Waals surface area contributed by atoms with Crippen molar-refractivity contribution in [3.63, 3.8) is 0 Å². The van der Waals surface area contributed by atoms with Gasteiger partial charge in [-0.1, -0.05) is 41.9 Å². The fourth-order valence-electron chi connectivity index (χ4n) is 2.18. The third kappa shape index (κ3) is 1.89. The molecule has 0 spiro atoms. The molecule has 92 valence electrons. The van der Waals surface area contributed by atoms with Gasteiger partial charge in [0.05, 0.1) is 5.02 Å². The molecule has 0 saturated carbocycles. The van der Waals surface area contributed by atoms with Crippen LogP contribution in [0.25, 0.3) is 22.1 Å². The Bertz CT molecular complexity index is 797. The van der Waals surface area contributed by atoms with Gasteiger partial charge in [0, 0.05) is 10.9 Å². The molecule has 2 nitrogen and oxygen atoms in total. The molecule has 0 amide bonds. The predicted octanol–water partition coefficient (Wildman–Crippen LogP) is 4.93. The quantitative estimate of drug-likeness (QED) is 0.627. The van der Waals surface area contributed by atoms with Crippen molar-refractivity contribution in [3.05, 3.63) is 58.8 Å². The number of nitrogens with zero attached hydrogens (tertiary/aromatic N) is 1. The lowest BCUT2D eigenvalue weighted by Crippen LogP contribution is -1.79. The summed E-state index contributed by atoms with van der Waals surface area (Å²) in [6.07, 6.45) is 0. The molecule has 2 aromatic carbocycles. The van der Waals surface area contributed by atoms with E-state index in [4.69, 9.17) is 21.3 Å². The van der Waals surface area contributed by atoms with Gasteiger partial charge in [0.2, 0.25) is 5.76 Å². The van der Waals surface area contributed by atoms with Crippen LogP contribution in [0.2, 0.25) is 5.02 Å². The first-order chi connectivity index (χ1) is 9.20. The molecule has 1 heterocycles. The van der Waals surface area contributed by atoms with Gasteiger partial charge in [-0.3, -0.25) is 0 Å². The average molecular weight is 268 g/mol. The largest absolute Gasteiger partial charge is 0.444 e. The maximum Gasteiger partial charge on any atom is 0.207 e. The smallest absolute Gasteiger partial charge is 0.207 e. The first-order valence-corrected chi connectivity index (χ1v) is 6.26. The normalized spacial score (nSPS) is 10.6. The lowest BCUT2D eigenvalue weighted by Gasteiger charge is -2.03. The molecule has 0 N–H and O–H groups in total. The number of nitriles is 1. The molecular weight excluding hydrogens is 258 g/mol. The van der Waals surface area contributed by atoms with E-state index in [9.17, 15) is 0 Å². The summed E-state index contributed by atoms with van der Waals surface area (Å²) in [4.78, 5) is 0. The summed E-state index contributed by atoms with van der Waals surface area (Å²) in [6, 6.07) is 15.9. The van der Waals surface area contributed by atoms with Gasteiger partial charge >= 0.3 is 0 Å². The van der Waals surface area contributed by atoms with Crippen LogP contribution in [0.1, 0.15) is 11.3 Å². The topological polar surface area (TPSA) is 36.9 Å². The van der Waals surface area contributed by atoms with Crippen LogP contribution in [0.5, 0.6) is 0 Å². The molecule has 1 aromatic heterocycles. The highest BCUT2D eigenvalue weighted by Crippen LogP contribution is 2.35. The summed E-state index contributed by atoms with van der Waals surface area (Å²) in [6.45, 7) is 1.87. The van der Waals surface area contributed by atoms with Crippen LogP contribution in [0, 0.1) is 18.3 Å². The Kier molecular flexibility index (Phi) is 2.77. The molecule has 0 unspecified atom stereocenters. The van der Waals surface area contributed by atoms with Crippen LogP contribution in [-0.2, 0) is 0 Å².